The van der Waals surface area contributed by atoms with E-state index in [1.165, 1.54) is 24.0 Å². The number of hydrogen-bond donors (Lipinski definition) is 7. The van der Waals surface area contributed by atoms with E-state index in [4.69, 9.17) is 10.5 Å². The Morgan fingerprint density at radius 2 is 1.59 bits per heavy atom. The summed E-state index contributed by atoms with van der Waals surface area (Å²) in [6.07, 6.45) is 21.1. The van der Waals surface area contributed by atoms with E-state index in [0.717, 1.165) is 138 Å². The topological polar surface area (TPSA) is 178 Å². The first-order valence-electron chi connectivity index (χ1n) is 32.0. The Morgan fingerprint density at radius 3 is 2.35 bits per heavy atom. The van der Waals surface area contributed by atoms with Crippen molar-refractivity contribution in [2.75, 3.05) is 25.9 Å². The normalized spacial score (nSPS) is 46.7. The predicted octanol–water partition coefficient (Wildman–Crippen LogP) is 11.5. The minimum Gasteiger partial charge on any atom is -0.508 e. The Hall–Kier alpha value is -3.12. The first kappa shape index (κ1) is 54.1. The third-order valence-electron chi connectivity index (χ3n) is 26.1. The van der Waals surface area contributed by atoms with Crippen LogP contribution in [0.3, 0.4) is 0 Å². The number of nitrogen functional groups attached to an aromatic ring is 1. The quantitative estimate of drug-likeness (QED) is 0.0945. The molecular weight excluding hydrogens is 971 g/mol. The Balaban J connectivity index is 0.976. The number of hydrogen-bond acceptors (Lipinski definition) is 10. The molecule has 9 aliphatic carbocycles. The molecule has 4 bridgehead atoms. The van der Waals surface area contributed by atoms with E-state index in [9.17, 15) is 20.4 Å². The van der Waals surface area contributed by atoms with Gasteiger partial charge in [-0.25, -0.2) is 0 Å². The maximum absolute atomic E-state index is 16.3. The summed E-state index contributed by atoms with van der Waals surface area (Å²) in [7, 11) is 1.93. The molecule has 20 unspecified atom stereocenters. The monoisotopic (exact) mass is 1070 g/mol. The molecule has 2 heterocycles. The molecule has 10 heteroatoms. The second-order valence-corrected chi connectivity index (χ2v) is 29.7. The average Bonchev–Trinajstić information content (AvgIpc) is 1.60. The molecule has 20 atom stereocenters. The smallest absolute Gasteiger partial charge is 0.160 e. The largest absolute Gasteiger partial charge is 0.508 e. The highest BCUT2D eigenvalue weighted by atomic mass is 16.6. The van der Waals surface area contributed by atoms with Crippen LogP contribution in [-0.4, -0.2) is 81.6 Å². The molecule has 426 valence electrons. The average molecular weight is 1070 g/mol. The van der Waals surface area contributed by atoms with Gasteiger partial charge in [-0.1, -0.05) is 89.0 Å². The van der Waals surface area contributed by atoms with Crippen molar-refractivity contribution in [3.8, 4) is 5.75 Å². The molecule has 2 aromatic carbocycles. The van der Waals surface area contributed by atoms with Crippen LogP contribution in [0.25, 0.3) is 0 Å². The van der Waals surface area contributed by atoms with Crippen LogP contribution in [-0.2, 0) is 20.9 Å². The fourth-order valence-corrected chi connectivity index (χ4v) is 23.4. The number of carbonyl (C=O) groups is 2. The number of aliphatic hydroxyl groups excluding tert-OH is 2. The maximum Gasteiger partial charge on any atom is 0.160 e. The number of β-amino-alcohol motifs (C(OH)–C–C–N with tert-alkyl or cyclic N) is 1. The molecule has 13 rings (SSSR count). The van der Waals surface area contributed by atoms with Gasteiger partial charge in [0.25, 0.3) is 0 Å². The molecule has 0 amide bonds. The van der Waals surface area contributed by atoms with Gasteiger partial charge in [-0.05, 0) is 233 Å². The Morgan fingerprint density at radius 1 is 0.833 bits per heavy atom. The molecule has 10 nitrogen and oxygen atoms in total. The fraction of sp³-hybridized carbons (Fsp3) is 0.765. The van der Waals surface area contributed by atoms with Gasteiger partial charge in [0.2, 0.25) is 0 Å². The standard InChI is InChI=1S/C68H97N3O7/c1-63(77)27-8-9-28-64(2)60-53(71-38-63)34-68-45(37-72)23-21-40-13-10-14-41-22-24-49(59(75)62-66(4,78-62)51-20-12-19-48(51)42-15-11-18-46(69)31-42)57(56(40)41)58-52(65(68,3)35-54(58)74)25-26-55(68)67(60,44-16-6-7-17-44)33-50(61(64)76)43-29-39(36-70-5)30-47(73)32-43/h11,15,18,29-32,40-41,44-45,48-51,53,55-57,59-60,62,70-73,75,77H,6-10,12-14,16-17,19-28,33-38,69H2,1-5H3. The van der Waals surface area contributed by atoms with E-state index < -0.39 is 39.5 Å². The number of benzene rings is 2. The highest BCUT2D eigenvalue weighted by Gasteiger charge is 2.78. The Bertz CT molecular complexity index is 2680. The number of anilines is 1. The minimum absolute atomic E-state index is 0.00355. The number of carbonyl (C=O) groups excluding carboxylic acids is 2. The third kappa shape index (κ3) is 8.08. The number of Topliss-reactive ketones (excluding diaryl/α,β-unsaturated/α-hetero) is 2. The van der Waals surface area contributed by atoms with Gasteiger partial charge in [-0.15, -0.1) is 0 Å². The third-order valence-corrected chi connectivity index (χ3v) is 26.1. The number of nitrogens with one attached hydrogen (secondary N) is 2. The zero-order valence-electron chi connectivity index (χ0n) is 48.2. The second-order valence-electron chi connectivity index (χ2n) is 29.7. The molecule has 8 N–H and O–H groups in total. The maximum atomic E-state index is 16.3. The number of aliphatic hydroxyl groups is 3. The number of ketones is 2. The van der Waals surface area contributed by atoms with Crippen molar-refractivity contribution in [1.82, 2.24) is 10.6 Å². The molecule has 0 aromatic heterocycles. The predicted molar refractivity (Wildman–Crippen MR) is 305 cm³/mol. The van der Waals surface area contributed by atoms with E-state index in [1.54, 1.807) is 0 Å². The van der Waals surface area contributed by atoms with Gasteiger partial charge in [0.15, 0.2) is 5.78 Å². The number of aromatic hydroxyl groups is 1. The molecule has 2 aliphatic heterocycles. The van der Waals surface area contributed by atoms with Crippen LogP contribution >= 0.6 is 0 Å². The molecule has 2 aromatic rings. The summed E-state index contributed by atoms with van der Waals surface area (Å²) >= 11 is 0. The number of phenols is 1. The van der Waals surface area contributed by atoms with Crippen molar-refractivity contribution >= 4 is 17.3 Å². The van der Waals surface area contributed by atoms with Crippen LogP contribution in [0.1, 0.15) is 204 Å². The van der Waals surface area contributed by atoms with Crippen molar-refractivity contribution in [3.63, 3.8) is 0 Å². The Kier molecular flexibility index (Phi) is 13.7. The van der Waals surface area contributed by atoms with Gasteiger partial charge in [0, 0.05) is 54.6 Å². The van der Waals surface area contributed by atoms with Gasteiger partial charge < -0.3 is 41.5 Å². The minimum atomic E-state index is -0.922. The van der Waals surface area contributed by atoms with E-state index >= 15 is 9.59 Å². The second kappa shape index (κ2) is 19.8. The summed E-state index contributed by atoms with van der Waals surface area (Å²) in [6.45, 7) is 10.2. The molecule has 2 saturated heterocycles. The molecule has 11 aliphatic rings. The van der Waals surface area contributed by atoms with Crippen LogP contribution in [0.4, 0.5) is 5.69 Å². The number of rotatable bonds is 9. The van der Waals surface area contributed by atoms with Crippen molar-refractivity contribution in [1.29, 1.82) is 0 Å². The zero-order chi connectivity index (χ0) is 54.3. The lowest BCUT2D eigenvalue weighted by Gasteiger charge is -2.75. The van der Waals surface area contributed by atoms with Gasteiger partial charge >= 0.3 is 0 Å². The van der Waals surface area contributed by atoms with E-state index in [-0.39, 0.29) is 65.4 Å². The van der Waals surface area contributed by atoms with E-state index in [1.807, 2.05) is 32.2 Å². The van der Waals surface area contributed by atoms with E-state index in [0.29, 0.717) is 73.5 Å². The van der Waals surface area contributed by atoms with Crippen LogP contribution in [0.2, 0.25) is 0 Å². The van der Waals surface area contributed by atoms with Crippen LogP contribution in [0.5, 0.6) is 5.75 Å². The summed E-state index contributed by atoms with van der Waals surface area (Å²) in [6, 6.07) is 14.2. The summed E-state index contributed by atoms with van der Waals surface area (Å²) in [5.41, 5.74) is 9.39. The van der Waals surface area contributed by atoms with Crippen LogP contribution in [0.15, 0.2) is 53.6 Å². The van der Waals surface area contributed by atoms with Gasteiger partial charge in [0.1, 0.15) is 17.6 Å². The number of phenolic OH excluding ortho intramolecular Hbond substituents is 1. The molecule has 1 spiro atoms. The first-order valence-corrected chi connectivity index (χ1v) is 32.0. The number of epoxide rings is 1. The number of allylic oxidation sites excluding steroid dienone is 2. The molecule has 9 fully saturated rings. The SMILES string of the molecule is CNCc1cc(O)cc(C2CC3(C4CCCC4)C4C(CC56C(CO)CCC7CCCC8CCC(C(O)C9OC9(C)C9CCCC9c9cccc(N)c9)C(C9=C(CCC35)C6(C)CC9=O)C87)NCC(C)(O)CCCCC4(C)C2=O)c1. The zero-order valence-corrected chi connectivity index (χ0v) is 48.2. The number of fused-ring (bicyclic) bond motifs is 2. The number of nitrogens with two attached hydrogens (primary N) is 1. The molecular formula is C68H97N3O7. The molecule has 7 saturated carbocycles. The lowest BCUT2D eigenvalue weighted by molar-refractivity contribution is -0.247. The highest BCUT2D eigenvalue weighted by molar-refractivity contribution is 6.01. The van der Waals surface area contributed by atoms with Gasteiger partial charge in [-0.2, -0.15) is 0 Å². The summed E-state index contributed by atoms with van der Waals surface area (Å²) in [4.78, 5) is 32.5. The Labute approximate surface area is 466 Å². The van der Waals surface area contributed by atoms with Crippen molar-refractivity contribution in [2.24, 2.45) is 80.8 Å². The van der Waals surface area contributed by atoms with Crippen LogP contribution < -0.4 is 16.4 Å². The van der Waals surface area contributed by atoms with Gasteiger partial charge in [0.05, 0.1) is 17.3 Å². The van der Waals surface area contributed by atoms with Gasteiger partial charge in [-0.3, -0.25) is 9.59 Å². The summed E-state index contributed by atoms with van der Waals surface area (Å²) in [5.74, 6) is 2.58. The van der Waals surface area contributed by atoms with Crippen molar-refractivity contribution < 1.29 is 34.8 Å². The van der Waals surface area contributed by atoms with E-state index in [2.05, 4.69) is 55.7 Å². The fourth-order valence-electron chi connectivity index (χ4n) is 23.4. The summed E-state index contributed by atoms with van der Waals surface area (Å²) in [5, 5.41) is 57.1. The lowest BCUT2D eigenvalue weighted by atomic mass is 9.29. The molecule has 0 radical (unpaired) electrons. The molecule has 78 heavy (non-hydrogen) atoms. The highest BCUT2D eigenvalue weighted by Crippen LogP contribution is 2.81. The van der Waals surface area contributed by atoms with Crippen molar-refractivity contribution in [3.05, 3.63) is 70.3 Å². The number of ether oxygens (including phenoxy) is 1. The summed E-state index contributed by atoms with van der Waals surface area (Å²) < 4.78 is 6.97. The lowest BCUT2D eigenvalue weighted by Crippen LogP contribution is -2.74. The van der Waals surface area contributed by atoms with Crippen LogP contribution in [0, 0.1) is 80.8 Å². The first-order chi connectivity index (χ1) is 37.4. The van der Waals surface area contributed by atoms with Crippen molar-refractivity contribution in [2.45, 2.75) is 223 Å².